The Morgan fingerprint density at radius 2 is 1.95 bits per heavy atom. The second-order valence-electron chi connectivity index (χ2n) is 6.06. The van der Waals surface area contributed by atoms with Crippen molar-refractivity contribution in [3.63, 3.8) is 0 Å². The van der Waals surface area contributed by atoms with Crippen LogP contribution in [0.2, 0.25) is 0 Å². The molecule has 0 aliphatic carbocycles. The second kappa shape index (κ2) is 5.98. The second-order valence-corrected chi connectivity index (χ2v) is 8.07. The number of hydrogen-bond acceptors (Lipinski definition) is 5. The largest absolute Gasteiger partial charge is 0.388 e. The summed E-state index contributed by atoms with van der Waals surface area (Å²) in [5.74, 6) is -0.151. The standard InChI is InChI=1S/C15H21NO5S/c1-15(19)7-8-16(10-13(15)17)14(18)9-11-3-5-12(6-4-11)22(2,20)21/h3-6,13,17,19H,7-10H2,1-2H3/t13-,15+/m0/s1. The molecule has 1 aliphatic rings. The minimum absolute atomic E-state index is 0.104. The van der Waals surface area contributed by atoms with Crippen LogP contribution in [0.5, 0.6) is 0 Å². The summed E-state index contributed by atoms with van der Waals surface area (Å²) < 4.78 is 22.8. The molecule has 1 aromatic carbocycles. The summed E-state index contributed by atoms with van der Waals surface area (Å²) in [7, 11) is -3.24. The van der Waals surface area contributed by atoms with E-state index in [1.54, 1.807) is 19.1 Å². The molecule has 7 heteroatoms. The number of piperidine rings is 1. The third-order valence-corrected chi connectivity index (χ3v) is 5.19. The number of sulfone groups is 1. The number of carbonyl (C=O) groups excluding carboxylic acids is 1. The Morgan fingerprint density at radius 3 is 2.45 bits per heavy atom. The van der Waals surface area contributed by atoms with Crippen molar-refractivity contribution >= 4 is 15.7 Å². The van der Waals surface area contributed by atoms with E-state index in [1.807, 2.05) is 0 Å². The summed E-state index contributed by atoms with van der Waals surface area (Å²) in [6.07, 6.45) is 0.637. The first-order valence-electron chi connectivity index (χ1n) is 7.07. The highest BCUT2D eigenvalue weighted by atomic mass is 32.2. The van der Waals surface area contributed by atoms with Crippen molar-refractivity contribution in [3.05, 3.63) is 29.8 Å². The fourth-order valence-electron chi connectivity index (χ4n) is 2.39. The van der Waals surface area contributed by atoms with E-state index in [4.69, 9.17) is 0 Å². The maximum Gasteiger partial charge on any atom is 0.227 e. The number of rotatable bonds is 3. The normalized spacial score (nSPS) is 26.0. The molecule has 122 valence electrons. The van der Waals surface area contributed by atoms with E-state index >= 15 is 0 Å². The van der Waals surface area contributed by atoms with Gasteiger partial charge >= 0.3 is 0 Å². The first-order valence-corrected chi connectivity index (χ1v) is 8.96. The molecule has 0 spiro atoms. The minimum atomic E-state index is -3.24. The zero-order valence-electron chi connectivity index (χ0n) is 12.7. The molecule has 1 amide bonds. The van der Waals surface area contributed by atoms with Gasteiger partial charge in [-0.3, -0.25) is 4.79 Å². The third-order valence-electron chi connectivity index (χ3n) is 4.06. The van der Waals surface area contributed by atoms with Gasteiger partial charge in [-0.1, -0.05) is 12.1 Å². The molecule has 0 unspecified atom stereocenters. The molecule has 1 saturated heterocycles. The summed E-state index contributed by atoms with van der Waals surface area (Å²) in [5, 5.41) is 19.7. The van der Waals surface area contributed by atoms with Crippen molar-refractivity contribution in [2.75, 3.05) is 19.3 Å². The molecule has 22 heavy (non-hydrogen) atoms. The fraction of sp³-hybridized carbons (Fsp3) is 0.533. The van der Waals surface area contributed by atoms with Crippen molar-refractivity contribution in [1.29, 1.82) is 0 Å². The van der Waals surface area contributed by atoms with E-state index in [9.17, 15) is 23.4 Å². The van der Waals surface area contributed by atoms with Crippen LogP contribution < -0.4 is 0 Å². The Kier molecular flexibility index (Phi) is 4.60. The predicted octanol–water partition coefficient (Wildman–Crippen LogP) is -0.0232. The van der Waals surface area contributed by atoms with Gasteiger partial charge in [-0.2, -0.15) is 0 Å². The van der Waals surface area contributed by atoms with Crippen molar-refractivity contribution in [2.24, 2.45) is 0 Å². The molecule has 2 atom stereocenters. The maximum absolute atomic E-state index is 12.2. The van der Waals surface area contributed by atoms with E-state index in [0.29, 0.717) is 18.5 Å². The number of benzene rings is 1. The summed E-state index contributed by atoms with van der Waals surface area (Å²) in [6, 6.07) is 6.19. The minimum Gasteiger partial charge on any atom is -0.388 e. The van der Waals surface area contributed by atoms with Crippen LogP contribution in [-0.2, 0) is 21.1 Å². The van der Waals surface area contributed by atoms with E-state index in [1.165, 1.54) is 17.0 Å². The Balaban J connectivity index is 2.01. The maximum atomic E-state index is 12.2. The number of aliphatic hydroxyl groups is 2. The van der Waals surface area contributed by atoms with Crippen LogP contribution >= 0.6 is 0 Å². The molecule has 2 rings (SSSR count). The number of hydrogen-bond donors (Lipinski definition) is 2. The predicted molar refractivity (Wildman–Crippen MR) is 81.1 cm³/mol. The molecule has 0 bridgehead atoms. The first kappa shape index (κ1) is 16.9. The highest BCUT2D eigenvalue weighted by Crippen LogP contribution is 2.22. The lowest BCUT2D eigenvalue weighted by atomic mass is 9.90. The van der Waals surface area contributed by atoms with Gasteiger partial charge < -0.3 is 15.1 Å². The first-order chi connectivity index (χ1) is 10.1. The molecule has 1 aliphatic heterocycles. The molecule has 1 heterocycles. The fourth-order valence-corrected chi connectivity index (χ4v) is 3.02. The van der Waals surface area contributed by atoms with Crippen molar-refractivity contribution < 1.29 is 23.4 Å². The zero-order valence-corrected chi connectivity index (χ0v) is 13.5. The molecular weight excluding hydrogens is 306 g/mol. The summed E-state index contributed by atoms with van der Waals surface area (Å²) >= 11 is 0. The molecule has 6 nitrogen and oxygen atoms in total. The number of amides is 1. The van der Waals surface area contributed by atoms with Gasteiger partial charge in [0.05, 0.1) is 23.0 Å². The van der Waals surface area contributed by atoms with E-state index in [2.05, 4.69) is 0 Å². The van der Waals surface area contributed by atoms with Crippen LogP contribution in [0.25, 0.3) is 0 Å². The van der Waals surface area contributed by atoms with Gasteiger partial charge in [-0.05, 0) is 31.0 Å². The van der Waals surface area contributed by atoms with E-state index < -0.39 is 21.5 Å². The highest BCUT2D eigenvalue weighted by Gasteiger charge is 2.37. The van der Waals surface area contributed by atoms with Gasteiger partial charge in [-0.25, -0.2) is 8.42 Å². The van der Waals surface area contributed by atoms with Crippen LogP contribution in [0.1, 0.15) is 18.9 Å². The van der Waals surface area contributed by atoms with Gasteiger partial charge in [0.1, 0.15) is 0 Å². The monoisotopic (exact) mass is 327 g/mol. The number of likely N-dealkylation sites (tertiary alicyclic amines) is 1. The van der Waals surface area contributed by atoms with Gasteiger partial charge in [-0.15, -0.1) is 0 Å². The van der Waals surface area contributed by atoms with Crippen LogP contribution in [0, 0.1) is 0 Å². The molecule has 2 N–H and O–H groups in total. The highest BCUT2D eigenvalue weighted by molar-refractivity contribution is 7.90. The summed E-state index contributed by atoms with van der Waals surface area (Å²) in [4.78, 5) is 14.0. The van der Waals surface area contributed by atoms with Crippen LogP contribution in [-0.4, -0.2) is 60.5 Å². The van der Waals surface area contributed by atoms with Gasteiger partial charge in [0.2, 0.25) is 5.91 Å². The Labute approximate surface area is 130 Å². The molecule has 0 radical (unpaired) electrons. The summed E-state index contributed by atoms with van der Waals surface area (Å²) in [5.41, 5.74) is -0.447. The van der Waals surface area contributed by atoms with E-state index in [0.717, 1.165) is 6.26 Å². The number of nitrogens with zero attached hydrogens (tertiary/aromatic N) is 1. The zero-order chi connectivity index (χ0) is 16.5. The third kappa shape index (κ3) is 3.85. The molecule has 0 saturated carbocycles. The molecule has 0 aromatic heterocycles. The number of aliphatic hydroxyl groups excluding tert-OH is 1. The molecular formula is C15H21NO5S. The van der Waals surface area contributed by atoms with Gasteiger partial charge in [0, 0.05) is 19.3 Å². The summed E-state index contributed by atoms with van der Waals surface area (Å²) in [6.45, 7) is 2.06. The lowest BCUT2D eigenvalue weighted by molar-refractivity contribution is -0.145. The number of carbonyl (C=O) groups is 1. The van der Waals surface area contributed by atoms with Crippen LogP contribution in [0.15, 0.2) is 29.2 Å². The molecule has 1 aromatic rings. The Morgan fingerprint density at radius 1 is 1.36 bits per heavy atom. The van der Waals surface area contributed by atoms with E-state index in [-0.39, 0.29) is 23.8 Å². The van der Waals surface area contributed by atoms with Gasteiger partial charge in [0.15, 0.2) is 9.84 Å². The smallest absolute Gasteiger partial charge is 0.227 e. The molecule has 1 fully saturated rings. The Bertz CT molecular complexity index is 651. The number of β-amino-alcohol motifs (C(OH)–C–C–N with tert-alkyl or cyclic N) is 1. The van der Waals surface area contributed by atoms with Crippen molar-refractivity contribution in [1.82, 2.24) is 4.90 Å². The Hall–Kier alpha value is -1.44. The van der Waals surface area contributed by atoms with Crippen molar-refractivity contribution in [3.8, 4) is 0 Å². The average molecular weight is 327 g/mol. The lowest BCUT2D eigenvalue weighted by Gasteiger charge is -2.40. The lowest BCUT2D eigenvalue weighted by Crippen LogP contribution is -2.55. The SMILES string of the molecule is C[C@@]1(O)CCN(C(=O)Cc2ccc(S(C)(=O)=O)cc2)C[C@@H]1O. The average Bonchev–Trinajstić information content (AvgIpc) is 2.41. The van der Waals surface area contributed by atoms with Crippen molar-refractivity contribution in [2.45, 2.75) is 36.4 Å². The van der Waals surface area contributed by atoms with Gasteiger partial charge in [0.25, 0.3) is 0 Å². The quantitative estimate of drug-likeness (QED) is 0.813. The van der Waals surface area contributed by atoms with Crippen LogP contribution in [0.4, 0.5) is 0 Å². The topological polar surface area (TPSA) is 94.9 Å². The van der Waals surface area contributed by atoms with Crippen LogP contribution in [0.3, 0.4) is 0 Å².